The van der Waals surface area contributed by atoms with Gasteiger partial charge in [0.15, 0.2) is 0 Å². The molecule has 0 aliphatic rings. The van der Waals surface area contributed by atoms with Crippen molar-refractivity contribution in [3.05, 3.63) is 193 Å². The number of nitrogens with zero attached hydrogens (tertiary/aromatic N) is 4. The Hall–Kier alpha value is -9.58. The minimum Gasteiger partial charge on any atom is -0.494 e. The highest BCUT2D eigenvalue weighted by atomic mass is 16.6. The summed E-state index contributed by atoms with van der Waals surface area (Å²) in [6.45, 7) is 11.8. The van der Waals surface area contributed by atoms with Crippen LogP contribution in [0.5, 0.6) is 23.0 Å². The van der Waals surface area contributed by atoms with Gasteiger partial charge in [-0.2, -0.15) is 20.5 Å². The molecule has 18 nitrogen and oxygen atoms in total. The van der Waals surface area contributed by atoms with E-state index < -0.39 is 48.0 Å². The first-order valence-electron chi connectivity index (χ1n) is 23.9. The van der Waals surface area contributed by atoms with E-state index in [9.17, 15) is 28.8 Å². The van der Waals surface area contributed by atoms with Crippen molar-refractivity contribution in [3.8, 4) is 23.0 Å². The quantitative estimate of drug-likeness (QED) is 0.0117. The molecule has 390 valence electrons. The summed E-state index contributed by atoms with van der Waals surface area (Å²) in [6.07, 6.45) is 0.473. The van der Waals surface area contributed by atoms with Gasteiger partial charge in [-0.15, -0.1) is 0 Å². The highest BCUT2D eigenvalue weighted by Gasteiger charge is 2.44. The van der Waals surface area contributed by atoms with E-state index in [0.717, 1.165) is 23.3 Å². The van der Waals surface area contributed by atoms with Gasteiger partial charge in [0.25, 0.3) is 0 Å². The Labute approximate surface area is 438 Å². The molecule has 0 saturated carbocycles. The topological polar surface area (TPSA) is 226 Å². The van der Waals surface area contributed by atoms with E-state index in [-0.39, 0.29) is 35.8 Å². The van der Waals surface area contributed by atoms with Crippen LogP contribution in [0, 0.1) is 13.8 Å². The Morgan fingerprint density at radius 3 is 1.00 bits per heavy atom. The zero-order valence-corrected chi connectivity index (χ0v) is 41.7. The molecular weight excluding hydrogens is 977 g/mol. The van der Waals surface area contributed by atoms with E-state index in [0.29, 0.717) is 73.1 Å². The van der Waals surface area contributed by atoms with E-state index in [1.165, 1.54) is 72.8 Å². The van der Waals surface area contributed by atoms with Crippen LogP contribution in [0.4, 0.5) is 22.7 Å². The molecule has 0 amide bonds. The highest BCUT2D eigenvalue weighted by molar-refractivity contribution is 5.97. The molecule has 6 rings (SSSR count). The maximum atomic E-state index is 14.2. The van der Waals surface area contributed by atoms with Crippen molar-refractivity contribution in [1.82, 2.24) is 0 Å². The van der Waals surface area contributed by atoms with Crippen LogP contribution >= 0.6 is 0 Å². The van der Waals surface area contributed by atoms with Crippen LogP contribution in [0.25, 0.3) is 0 Å². The number of carbonyl (C=O) groups is 6. The summed E-state index contributed by atoms with van der Waals surface area (Å²) in [5, 5.41) is 17.0. The van der Waals surface area contributed by atoms with Crippen molar-refractivity contribution in [2.24, 2.45) is 20.5 Å². The van der Waals surface area contributed by atoms with E-state index >= 15 is 0 Å². The molecule has 6 aromatic carbocycles. The SMILES string of the molecule is C=CC(=O)OCCCCOc1ccc(N=Nc2ccc(OC(=O)[C@H](OC(=O)c3ccc(C)cc3)[C@@H](OC(=O)c3ccc(C)cc3)C(=O)Oc3ccc(N=Nc4ccc(OCCCCOC(=O)C=C)cc4)cc3)cc2)cc1. The second-order valence-electron chi connectivity index (χ2n) is 16.5. The van der Waals surface area contributed by atoms with Gasteiger partial charge < -0.3 is 37.9 Å². The zero-order chi connectivity index (χ0) is 54.1. The molecule has 0 bridgehead atoms. The predicted molar refractivity (Wildman–Crippen MR) is 278 cm³/mol. The van der Waals surface area contributed by atoms with Gasteiger partial charge in [0.1, 0.15) is 23.0 Å². The van der Waals surface area contributed by atoms with Crippen LogP contribution in [-0.2, 0) is 38.1 Å². The molecule has 0 aromatic heterocycles. The van der Waals surface area contributed by atoms with Gasteiger partial charge in [0, 0.05) is 12.2 Å². The molecule has 0 spiro atoms. The number of rotatable bonds is 27. The molecule has 0 unspecified atom stereocenters. The molecule has 0 aliphatic heterocycles. The summed E-state index contributed by atoms with van der Waals surface area (Å²) in [5.41, 5.74) is 3.56. The number of hydrogen-bond donors (Lipinski definition) is 0. The number of esters is 6. The molecule has 0 heterocycles. The van der Waals surface area contributed by atoms with Crippen LogP contribution in [0.3, 0.4) is 0 Å². The van der Waals surface area contributed by atoms with Gasteiger partial charge in [-0.3, -0.25) is 0 Å². The molecule has 76 heavy (non-hydrogen) atoms. The van der Waals surface area contributed by atoms with Gasteiger partial charge in [-0.05, 0) is 161 Å². The minimum absolute atomic E-state index is 0.0319. The number of hydrogen-bond acceptors (Lipinski definition) is 18. The van der Waals surface area contributed by atoms with Crippen LogP contribution in [0.2, 0.25) is 0 Å². The summed E-state index contributed by atoms with van der Waals surface area (Å²) in [6, 6.07) is 38.0. The monoisotopic (exact) mass is 1030 g/mol. The van der Waals surface area contributed by atoms with Crippen LogP contribution in [0.1, 0.15) is 57.5 Å². The Bertz CT molecular complexity index is 2770. The van der Waals surface area contributed by atoms with Crippen molar-refractivity contribution >= 4 is 58.6 Å². The van der Waals surface area contributed by atoms with Crippen molar-refractivity contribution in [2.45, 2.75) is 51.7 Å². The number of benzene rings is 6. The number of carbonyl (C=O) groups excluding carboxylic acids is 6. The summed E-state index contributed by atoms with van der Waals surface area (Å²) >= 11 is 0. The lowest BCUT2D eigenvalue weighted by Crippen LogP contribution is -2.49. The second kappa shape index (κ2) is 29.2. The van der Waals surface area contributed by atoms with Gasteiger partial charge in [-0.1, -0.05) is 48.6 Å². The third-order valence-electron chi connectivity index (χ3n) is 10.6. The number of aryl methyl sites for hydroxylation is 2. The van der Waals surface area contributed by atoms with Crippen LogP contribution in [0.15, 0.2) is 191 Å². The maximum Gasteiger partial charge on any atom is 0.357 e. The fraction of sp³-hybridized carbons (Fsp3) is 0.207. The lowest BCUT2D eigenvalue weighted by Gasteiger charge is -2.24. The molecule has 0 aliphatic carbocycles. The molecule has 0 fully saturated rings. The average molecular weight is 1030 g/mol. The highest BCUT2D eigenvalue weighted by Crippen LogP contribution is 2.27. The van der Waals surface area contributed by atoms with Crippen LogP contribution < -0.4 is 18.9 Å². The molecule has 0 radical (unpaired) electrons. The number of azo groups is 2. The smallest absolute Gasteiger partial charge is 0.357 e. The third kappa shape index (κ3) is 18.5. The maximum absolute atomic E-state index is 14.2. The Morgan fingerprint density at radius 2 is 0.697 bits per heavy atom. The predicted octanol–water partition coefficient (Wildman–Crippen LogP) is 11.9. The Morgan fingerprint density at radius 1 is 0.408 bits per heavy atom. The second-order valence-corrected chi connectivity index (χ2v) is 16.5. The van der Waals surface area contributed by atoms with E-state index in [4.69, 9.17) is 37.9 Å². The fourth-order valence-corrected chi connectivity index (χ4v) is 6.42. The van der Waals surface area contributed by atoms with Gasteiger partial charge >= 0.3 is 35.8 Å². The summed E-state index contributed by atoms with van der Waals surface area (Å²) in [5.74, 6) is -4.37. The number of ether oxygens (including phenoxy) is 8. The van der Waals surface area contributed by atoms with Gasteiger partial charge in [0.05, 0.1) is 60.3 Å². The normalized spacial score (nSPS) is 11.7. The van der Waals surface area contributed by atoms with Crippen molar-refractivity contribution in [3.63, 3.8) is 0 Å². The first-order valence-corrected chi connectivity index (χ1v) is 23.9. The molecule has 2 atom stereocenters. The van der Waals surface area contributed by atoms with E-state index in [1.807, 2.05) is 13.8 Å². The Balaban J connectivity index is 1.13. The zero-order valence-electron chi connectivity index (χ0n) is 41.7. The van der Waals surface area contributed by atoms with Crippen LogP contribution in [-0.4, -0.2) is 74.5 Å². The molecule has 18 heteroatoms. The molecule has 0 N–H and O–H groups in total. The molecule has 0 saturated heterocycles. The fourth-order valence-electron chi connectivity index (χ4n) is 6.42. The average Bonchev–Trinajstić information content (AvgIpc) is 3.44. The van der Waals surface area contributed by atoms with Crippen molar-refractivity contribution in [2.75, 3.05) is 26.4 Å². The first-order chi connectivity index (χ1) is 36.8. The van der Waals surface area contributed by atoms with Gasteiger partial charge in [0.2, 0.25) is 12.2 Å². The lowest BCUT2D eigenvalue weighted by molar-refractivity contribution is -0.163. The Kier molecular flexibility index (Phi) is 21.4. The van der Waals surface area contributed by atoms with E-state index in [1.54, 1.807) is 72.8 Å². The first kappa shape index (κ1) is 55.7. The van der Waals surface area contributed by atoms with Crippen molar-refractivity contribution in [1.29, 1.82) is 0 Å². The standard InChI is InChI=1S/C58H54N4O14/c1-5-51(63)71-37-9-7-35-69-47-27-19-43(20-28-47)59-61-45-23-31-49(32-24-45)73-57(67)53(75-55(65)41-15-11-39(3)12-16-41)54(76-56(66)42-17-13-40(4)14-18-42)58(68)74-50-33-25-46(26-34-50)62-60-44-21-29-48(30-22-44)70-36-8-10-38-72-52(64)6-2/h5-6,11-34,53-54H,1-2,7-10,35-38H2,3-4H3/t53-,54-/m1/s1. The summed E-state index contributed by atoms with van der Waals surface area (Å²) in [4.78, 5) is 78.1. The number of unbranched alkanes of at least 4 members (excludes halogenated alkanes) is 2. The molecule has 6 aromatic rings. The van der Waals surface area contributed by atoms with Gasteiger partial charge in [-0.25, -0.2) is 28.8 Å². The molecular formula is C58H54N4O14. The summed E-state index contributed by atoms with van der Waals surface area (Å²) in [7, 11) is 0. The largest absolute Gasteiger partial charge is 0.494 e. The van der Waals surface area contributed by atoms with Crippen molar-refractivity contribution < 1.29 is 66.7 Å². The summed E-state index contributed by atoms with van der Waals surface area (Å²) < 4.78 is 44.1. The lowest BCUT2D eigenvalue weighted by atomic mass is 10.1. The van der Waals surface area contributed by atoms with E-state index in [2.05, 4.69) is 33.6 Å². The minimum atomic E-state index is -2.19. The third-order valence-corrected chi connectivity index (χ3v) is 10.6.